The van der Waals surface area contributed by atoms with Gasteiger partial charge in [-0.3, -0.25) is 15.0 Å². The molecule has 9 nitrogen and oxygen atoms in total. The van der Waals surface area contributed by atoms with E-state index in [2.05, 4.69) is 25.9 Å². The Balaban J connectivity index is 1.59. The summed E-state index contributed by atoms with van der Waals surface area (Å²) in [6.07, 6.45) is 0. The van der Waals surface area contributed by atoms with Gasteiger partial charge in [0.05, 0.1) is 18.3 Å². The van der Waals surface area contributed by atoms with Crippen LogP contribution in [0.3, 0.4) is 0 Å². The van der Waals surface area contributed by atoms with Gasteiger partial charge in [0.25, 0.3) is 5.91 Å². The predicted octanol–water partition coefficient (Wildman–Crippen LogP) is 3.05. The first-order valence-corrected chi connectivity index (χ1v) is 11.9. The second-order valence-electron chi connectivity index (χ2n) is 8.89. The van der Waals surface area contributed by atoms with Gasteiger partial charge in [-0.1, -0.05) is 24.3 Å². The zero-order valence-electron chi connectivity index (χ0n) is 20.9. The first kappa shape index (κ1) is 26.2. The number of anilines is 1. The Labute approximate surface area is 213 Å². The summed E-state index contributed by atoms with van der Waals surface area (Å²) in [5.41, 5.74) is 1.95. The van der Waals surface area contributed by atoms with Crippen LogP contribution in [-0.4, -0.2) is 73.1 Å². The van der Waals surface area contributed by atoms with E-state index in [-0.39, 0.29) is 23.6 Å². The van der Waals surface area contributed by atoms with E-state index in [4.69, 9.17) is 4.74 Å². The number of methoxy groups -OCH3 is 1. The third-order valence-corrected chi connectivity index (χ3v) is 6.49. The average Bonchev–Trinajstić information content (AvgIpc) is 3.45. The van der Waals surface area contributed by atoms with Crippen molar-refractivity contribution in [3.05, 3.63) is 77.0 Å². The number of carbonyl (C=O) groups excluding carboxylic acids is 2. The van der Waals surface area contributed by atoms with E-state index >= 15 is 0 Å². The highest BCUT2D eigenvalue weighted by Gasteiger charge is 2.35. The lowest BCUT2D eigenvalue weighted by atomic mass is 9.94. The van der Waals surface area contributed by atoms with Gasteiger partial charge in [-0.2, -0.15) is 5.10 Å². The number of halogens is 2. The molecule has 0 bridgehead atoms. The van der Waals surface area contributed by atoms with Crippen molar-refractivity contribution < 1.29 is 23.1 Å². The summed E-state index contributed by atoms with van der Waals surface area (Å²) in [6.45, 7) is 3.88. The van der Waals surface area contributed by atoms with Crippen molar-refractivity contribution in [1.82, 2.24) is 25.3 Å². The van der Waals surface area contributed by atoms with E-state index in [0.29, 0.717) is 48.9 Å². The van der Waals surface area contributed by atoms with Crippen molar-refractivity contribution in [3.63, 3.8) is 0 Å². The number of para-hydroxylation sites is 1. The van der Waals surface area contributed by atoms with Gasteiger partial charge < -0.3 is 15.4 Å². The fourth-order valence-electron chi connectivity index (χ4n) is 4.56. The fourth-order valence-corrected chi connectivity index (χ4v) is 4.56. The molecule has 3 amide bonds. The summed E-state index contributed by atoms with van der Waals surface area (Å²) in [5.74, 6) is -2.14. The molecule has 1 aliphatic rings. The summed E-state index contributed by atoms with van der Waals surface area (Å²) in [6, 6.07) is 12.1. The summed E-state index contributed by atoms with van der Waals surface area (Å²) in [7, 11) is 3.12. The maximum Gasteiger partial charge on any atom is 0.320 e. The molecular weight excluding hydrogens is 482 g/mol. The minimum absolute atomic E-state index is 0.188. The second kappa shape index (κ2) is 11.5. The second-order valence-corrected chi connectivity index (χ2v) is 8.89. The van der Waals surface area contributed by atoms with Gasteiger partial charge in [-0.15, -0.1) is 0 Å². The number of amides is 3. The quantitative estimate of drug-likeness (QED) is 0.431. The number of ether oxygens (including phenoxy) is 1. The normalized spacial score (nSPS) is 17.5. The third-order valence-electron chi connectivity index (χ3n) is 6.49. The van der Waals surface area contributed by atoms with Gasteiger partial charge in [0, 0.05) is 45.3 Å². The molecule has 0 saturated carbocycles. The van der Waals surface area contributed by atoms with Crippen LogP contribution in [0, 0.1) is 18.6 Å². The molecule has 2 aromatic carbocycles. The molecule has 1 saturated heterocycles. The summed E-state index contributed by atoms with van der Waals surface area (Å²) in [4.78, 5) is 27.7. The van der Waals surface area contributed by atoms with Gasteiger partial charge in [-0.05, 0) is 36.8 Å². The number of nitrogens with one attached hydrogen (secondary N) is 3. The van der Waals surface area contributed by atoms with E-state index in [1.165, 1.54) is 17.8 Å². The van der Waals surface area contributed by atoms with E-state index in [9.17, 15) is 18.4 Å². The molecular formula is C26H30F2N6O3. The predicted molar refractivity (Wildman–Crippen MR) is 135 cm³/mol. The van der Waals surface area contributed by atoms with E-state index < -0.39 is 17.7 Å². The fraction of sp³-hybridized carbons (Fsp3) is 0.346. The van der Waals surface area contributed by atoms with Crippen LogP contribution in [0.5, 0.6) is 0 Å². The average molecular weight is 513 g/mol. The van der Waals surface area contributed by atoms with Crippen molar-refractivity contribution in [3.8, 4) is 5.69 Å². The molecule has 3 aromatic rings. The van der Waals surface area contributed by atoms with Crippen molar-refractivity contribution in [2.75, 3.05) is 45.7 Å². The molecule has 2 atom stereocenters. The lowest BCUT2D eigenvalue weighted by Gasteiger charge is -2.21. The molecule has 0 radical (unpaired) electrons. The Kier molecular flexibility index (Phi) is 8.14. The highest BCUT2D eigenvalue weighted by Crippen LogP contribution is 2.29. The summed E-state index contributed by atoms with van der Waals surface area (Å²) < 4.78 is 34.3. The van der Waals surface area contributed by atoms with Gasteiger partial charge in [-0.25, -0.2) is 18.3 Å². The smallest absolute Gasteiger partial charge is 0.320 e. The third kappa shape index (κ3) is 5.78. The SMILES string of the molecule is CNC(=O)c1nn(-c2ccccc2)c(NC(=O)NC2CN(CCOC)CC2c2ccc(F)c(F)c2)c1C. The summed E-state index contributed by atoms with van der Waals surface area (Å²) in [5, 5.41) is 12.8. The molecule has 2 unspecified atom stereocenters. The molecule has 0 aliphatic carbocycles. The minimum Gasteiger partial charge on any atom is -0.383 e. The Morgan fingerprint density at radius 1 is 1.11 bits per heavy atom. The molecule has 2 heterocycles. The minimum atomic E-state index is -0.930. The first-order chi connectivity index (χ1) is 17.8. The number of likely N-dealkylation sites (tertiary alicyclic amines) is 1. The number of aromatic nitrogens is 2. The zero-order chi connectivity index (χ0) is 26.5. The Morgan fingerprint density at radius 2 is 1.86 bits per heavy atom. The maximum absolute atomic E-state index is 14.0. The molecule has 3 N–H and O–H groups in total. The van der Waals surface area contributed by atoms with Crippen molar-refractivity contribution >= 4 is 17.8 Å². The lowest BCUT2D eigenvalue weighted by Crippen LogP contribution is -2.42. The number of hydrogen-bond donors (Lipinski definition) is 3. The van der Waals surface area contributed by atoms with Crippen LogP contribution in [0.15, 0.2) is 48.5 Å². The largest absolute Gasteiger partial charge is 0.383 e. The molecule has 11 heteroatoms. The van der Waals surface area contributed by atoms with Crippen molar-refractivity contribution in [2.45, 2.75) is 18.9 Å². The zero-order valence-corrected chi connectivity index (χ0v) is 20.9. The number of hydrogen-bond acceptors (Lipinski definition) is 5. The molecule has 0 spiro atoms. The monoisotopic (exact) mass is 512 g/mol. The van der Waals surface area contributed by atoms with Crippen LogP contribution >= 0.6 is 0 Å². The maximum atomic E-state index is 14.0. The van der Waals surface area contributed by atoms with Crippen molar-refractivity contribution in [2.24, 2.45) is 0 Å². The molecule has 1 aliphatic heterocycles. The molecule has 1 aromatic heterocycles. The Morgan fingerprint density at radius 3 is 2.54 bits per heavy atom. The van der Waals surface area contributed by atoms with Crippen LogP contribution in [0.2, 0.25) is 0 Å². The molecule has 1 fully saturated rings. The Hall–Kier alpha value is -3.83. The highest BCUT2D eigenvalue weighted by atomic mass is 19.2. The van der Waals surface area contributed by atoms with Gasteiger partial charge in [0.15, 0.2) is 17.3 Å². The van der Waals surface area contributed by atoms with E-state index in [0.717, 1.165) is 6.07 Å². The first-order valence-electron chi connectivity index (χ1n) is 11.9. The topological polar surface area (TPSA) is 101 Å². The number of rotatable bonds is 8. The molecule has 37 heavy (non-hydrogen) atoms. The van der Waals surface area contributed by atoms with E-state index in [1.807, 2.05) is 30.3 Å². The van der Waals surface area contributed by atoms with E-state index in [1.54, 1.807) is 20.1 Å². The van der Waals surface area contributed by atoms with Crippen LogP contribution in [0.1, 0.15) is 27.5 Å². The molecule has 4 rings (SSSR count). The standard InChI is InChI=1S/C26H30F2N6O3/c1-16-23(25(35)29-2)32-34(18-7-5-4-6-8-18)24(16)31-26(36)30-22-15-33(11-12-37-3)14-19(22)17-9-10-20(27)21(28)13-17/h4-10,13,19,22H,11-12,14-15H2,1-3H3,(H,29,35)(H2,30,31,36). The lowest BCUT2D eigenvalue weighted by molar-refractivity contribution is 0.0957. The van der Waals surface area contributed by atoms with Crippen LogP contribution in [0.4, 0.5) is 19.4 Å². The number of benzene rings is 2. The van der Waals surface area contributed by atoms with Crippen LogP contribution < -0.4 is 16.0 Å². The van der Waals surface area contributed by atoms with Gasteiger partial charge >= 0.3 is 6.03 Å². The van der Waals surface area contributed by atoms with Crippen LogP contribution in [-0.2, 0) is 4.74 Å². The van der Waals surface area contributed by atoms with Gasteiger partial charge in [0.2, 0.25) is 0 Å². The molecule has 196 valence electrons. The highest BCUT2D eigenvalue weighted by molar-refractivity contribution is 5.97. The number of carbonyl (C=O) groups is 2. The Bertz CT molecular complexity index is 1270. The number of urea groups is 1. The summed E-state index contributed by atoms with van der Waals surface area (Å²) >= 11 is 0. The van der Waals surface area contributed by atoms with Crippen molar-refractivity contribution in [1.29, 1.82) is 0 Å². The van der Waals surface area contributed by atoms with Gasteiger partial charge in [0.1, 0.15) is 5.82 Å². The van der Waals surface area contributed by atoms with Crippen LogP contribution in [0.25, 0.3) is 5.69 Å². The number of nitrogens with zero attached hydrogens (tertiary/aromatic N) is 3.